The summed E-state index contributed by atoms with van der Waals surface area (Å²) in [4.78, 5) is 26.9. The molecule has 1 atom stereocenters. The number of carboxylic acid groups (broad SMARTS) is 1. The molecular formula is C14H27N3O3. The Labute approximate surface area is 121 Å². The highest BCUT2D eigenvalue weighted by molar-refractivity contribution is 5.76. The van der Waals surface area contributed by atoms with Gasteiger partial charge in [-0.3, -0.25) is 4.79 Å². The van der Waals surface area contributed by atoms with Gasteiger partial charge in [0, 0.05) is 25.7 Å². The molecule has 20 heavy (non-hydrogen) atoms. The van der Waals surface area contributed by atoms with E-state index in [-0.39, 0.29) is 18.5 Å². The van der Waals surface area contributed by atoms with Gasteiger partial charge in [-0.25, -0.2) is 4.79 Å². The van der Waals surface area contributed by atoms with Crippen molar-refractivity contribution >= 4 is 12.0 Å². The van der Waals surface area contributed by atoms with E-state index in [9.17, 15) is 9.59 Å². The van der Waals surface area contributed by atoms with Crippen molar-refractivity contribution < 1.29 is 14.7 Å². The summed E-state index contributed by atoms with van der Waals surface area (Å²) < 4.78 is 0. The van der Waals surface area contributed by atoms with E-state index in [1.807, 2.05) is 0 Å². The van der Waals surface area contributed by atoms with E-state index in [1.54, 1.807) is 4.90 Å². The van der Waals surface area contributed by atoms with Gasteiger partial charge in [0.2, 0.25) is 0 Å². The van der Waals surface area contributed by atoms with Crippen LogP contribution < -0.4 is 5.32 Å². The van der Waals surface area contributed by atoms with Gasteiger partial charge in [-0.05, 0) is 32.4 Å². The molecule has 1 aliphatic rings. The molecule has 1 rings (SSSR count). The Morgan fingerprint density at radius 2 is 2.00 bits per heavy atom. The normalized spacial score (nSPS) is 19.1. The average molecular weight is 285 g/mol. The number of piperidine rings is 1. The monoisotopic (exact) mass is 285 g/mol. The van der Waals surface area contributed by atoms with Crippen LogP contribution in [0.2, 0.25) is 0 Å². The first-order valence-corrected chi connectivity index (χ1v) is 7.57. The number of amides is 2. The highest BCUT2D eigenvalue weighted by Gasteiger charge is 2.28. The second kappa shape index (κ2) is 8.79. The van der Waals surface area contributed by atoms with Crippen LogP contribution in [0.3, 0.4) is 0 Å². The zero-order chi connectivity index (χ0) is 15.0. The number of carbonyl (C=O) groups excluding carboxylic acids is 1. The van der Waals surface area contributed by atoms with Crippen molar-refractivity contribution in [3.8, 4) is 0 Å². The van der Waals surface area contributed by atoms with Gasteiger partial charge in [0.15, 0.2) is 0 Å². The second-order valence-electron chi connectivity index (χ2n) is 5.20. The quantitative estimate of drug-likeness (QED) is 0.741. The molecule has 0 radical (unpaired) electrons. The molecule has 0 spiro atoms. The molecule has 0 aromatic carbocycles. The fourth-order valence-electron chi connectivity index (χ4n) is 2.64. The van der Waals surface area contributed by atoms with Crippen molar-refractivity contribution in [2.24, 2.45) is 0 Å². The zero-order valence-electron chi connectivity index (χ0n) is 12.6. The number of likely N-dealkylation sites (N-methyl/N-ethyl adjacent to an activating group) is 1. The lowest BCUT2D eigenvalue weighted by molar-refractivity contribution is -0.138. The maximum Gasteiger partial charge on any atom is 0.317 e. The number of carboxylic acids is 1. The van der Waals surface area contributed by atoms with Crippen LogP contribution in [0.4, 0.5) is 4.79 Å². The topological polar surface area (TPSA) is 72.9 Å². The van der Waals surface area contributed by atoms with Crippen LogP contribution in [0, 0.1) is 0 Å². The van der Waals surface area contributed by atoms with Gasteiger partial charge in [0.25, 0.3) is 0 Å². The van der Waals surface area contributed by atoms with Gasteiger partial charge in [-0.2, -0.15) is 0 Å². The SMILES string of the molecule is CCN(CC)CCNC(=O)N1CCCCC1CC(=O)O. The Morgan fingerprint density at radius 1 is 1.30 bits per heavy atom. The largest absolute Gasteiger partial charge is 0.481 e. The first kappa shape index (κ1) is 16.8. The van der Waals surface area contributed by atoms with Crippen LogP contribution in [0.25, 0.3) is 0 Å². The molecule has 6 nitrogen and oxygen atoms in total. The number of carbonyl (C=O) groups is 2. The fraction of sp³-hybridized carbons (Fsp3) is 0.857. The molecule has 1 fully saturated rings. The van der Waals surface area contributed by atoms with Crippen molar-refractivity contribution in [1.82, 2.24) is 15.1 Å². The summed E-state index contributed by atoms with van der Waals surface area (Å²) in [5.41, 5.74) is 0. The third-order valence-electron chi connectivity index (χ3n) is 3.90. The van der Waals surface area contributed by atoms with Gasteiger partial charge < -0.3 is 20.2 Å². The maximum absolute atomic E-state index is 12.2. The lowest BCUT2D eigenvalue weighted by Gasteiger charge is -2.35. The van der Waals surface area contributed by atoms with E-state index in [1.165, 1.54) is 0 Å². The van der Waals surface area contributed by atoms with Crippen molar-refractivity contribution in [2.75, 3.05) is 32.7 Å². The molecular weight excluding hydrogens is 258 g/mol. The van der Waals surface area contributed by atoms with Crippen LogP contribution in [0.1, 0.15) is 39.5 Å². The Morgan fingerprint density at radius 3 is 2.60 bits per heavy atom. The second-order valence-corrected chi connectivity index (χ2v) is 5.20. The molecule has 0 aromatic rings. The molecule has 1 aliphatic heterocycles. The van der Waals surface area contributed by atoms with Crippen LogP contribution >= 0.6 is 0 Å². The van der Waals surface area contributed by atoms with Crippen LogP contribution in [0.5, 0.6) is 0 Å². The standard InChI is InChI=1S/C14H27N3O3/c1-3-16(4-2)10-8-15-14(20)17-9-6-5-7-12(17)11-13(18)19/h12H,3-11H2,1-2H3,(H,15,20)(H,18,19). The number of urea groups is 1. The predicted octanol–water partition coefficient (Wildman–Crippen LogP) is 1.37. The molecule has 2 N–H and O–H groups in total. The number of likely N-dealkylation sites (tertiary alicyclic amines) is 1. The molecule has 0 aliphatic carbocycles. The van der Waals surface area contributed by atoms with Crippen LogP contribution in [-0.2, 0) is 4.79 Å². The fourth-order valence-corrected chi connectivity index (χ4v) is 2.64. The summed E-state index contributed by atoms with van der Waals surface area (Å²) in [6.07, 6.45) is 2.79. The number of aliphatic carboxylic acids is 1. The van der Waals surface area contributed by atoms with E-state index in [0.29, 0.717) is 13.1 Å². The summed E-state index contributed by atoms with van der Waals surface area (Å²) in [5.74, 6) is -0.835. The van der Waals surface area contributed by atoms with E-state index in [0.717, 1.165) is 38.9 Å². The Bertz CT molecular complexity index is 319. The summed E-state index contributed by atoms with van der Waals surface area (Å²) in [5, 5.41) is 11.8. The predicted molar refractivity (Wildman–Crippen MR) is 77.8 cm³/mol. The highest BCUT2D eigenvalue weighted by atomic mass is 16.4. The van der Waals surface area contributed by atoms with Crippen molar-refractivity contribution in [3.63, 3.8) is 0 Å². The van der Waals surface area contributed by atoms with Crippen molar-refractivity contribution in [2.45, 2.75) is 45.6 Å². The first-order valence-electron chi connectivity index (χ1n) is 7.57. The van der Waals surface area contributed by atoms with E-state index < -0.39 is 5.97 Å². The minimum Gasteiger partial charge on any atom is -0.481 e. The van der Waals surface area contributed by atoms with Gasteiger partial charge in [-0.1, -0.05) is 13.8 Å². The van der Waals surface area contributed by atoms with Gasteiger partial charge in [0.05, 0.1) is 6.42 Å². The van der Waals surface area contributed by atoms with E-state index in [2.05, 4.69) is 24.1 Å². The summed E-state index contributed by atoms with van der Waals surface area (Å²) in [6.45, 7) is 8.23. The summed E-state index contributed by atoms with van der Waals surface area (Å²) in [6, 6.07) is -0.280. The minimum absolute atomic E-state index is 0.0451. The third kappa shape index (κ3) is 5.36. The van der Waals surface area contributed by atoms with Gasteiger partial charge in [0.1, 0.15) is 0 Å². The number of rotatable bonds is 7. The molecule has 0 bridgehead atoms. The number of nitrogens with zero attached hydrogens (tertiary/aromatic N) is 2. The summed E-state index contributed by atoms with van der Waals surface area (Å²) in [7, 11) is 0. The van der Waals surface area contributed by atoms with Crippen LogP contribution in [-0.4, -0.2) is 65.7 Å². The number of nitrogens with one attached hydrogen (secondary N) is 1. The van der Waals surface area contributed by atoms with Crippen LogP contribution in [0.15, 0.2) is 0 Å². The Kier molecular flexibility index (Phi) is 7.36. The molecule has 1 saturated heterocycles. The molecule has 6 heteroatoms. The molecule has 1 heterocycles. The smallest absolute Gasteiger partial charge is 0.317 e. The molecule has 1 unspecified atom stereocenters. The average Bonchev–Trinajstić information content (AvgIpc) is 2.43. The minimum atomic E-state index is -0.835. The molecule has 0 aromatic heterocycles. The molecule has 116 valence electrons. The first-order chi connectivity index (χ1) is 9.58. The van der Waals surface area contributed by atoms with E-state index in [4.69, 9.17) is 5.11 Å². The van der Waals surface area contributed by atoms with Crippen molar-refractivity contribution in [1.29, 1.82) is 0 Å². The zero-order valence-corrected chi connectivity index (χ0v) is 12.6. The highest BCUT2D eigenvalue weighted by Crippen LogP contribution is 2.19. The van der Waals surface area contributed by atoms with Gasteiger partial charge in [-0.15, -0.1) is 0 Å². The van der Waals surface area contributed by atoms with E-state index >= 15 is 0 Å². The lowest BCUT2D eigenvalue weighted by Crippen LogP contribution is -2.50. The summed E-state index contributed by atoms with van der Waals surface area (Å²) >= 11 is 0. The molecule has 2 amide bonds. The third-order valence-corrected chi connectivity index (χ3v) is 3.90. The maximum atomic E-state index is 12.2. The Hall–Kier alpha value is -1.30. The number of hydrogen-bond donors (Lipinski definition) is 2. The lowest BCUT2D eigenvalue weighted by atomic mass is 10.00. The molecule has 0 saturated carbocycles. The van der Waals surface area contributed by atoms with Crippen molar-refractivity contribution in [3.05, 3.63) is 0 Å². The number of hydrogen-bond acceptors (Lipinski definition) is 3. The Balaban J connectivity index is 2.41. The van der Waals surface area contributed by atoms with Gasteiger partial charge >= 0.3 is 12.0 Å².